The molecule has 0 heterocycles. The van der Waals surface area contributed by atoms with Crippen LogP contribution in [0.2, 0.25) is 0 Å². The Kier molecular flexibility index (Phi) is 73.4. The maximum absolute atomic E-state index is 12.8. The fourth-order valence-corrected chi connectivity index (χ4v) is 12.0. The van der Waals surface area contributed by atoms with Crippen molar-refractivity contribution >= 4 is 19.8 Å². The Morgan fingerprint density at radius 2 is 0.604 bits per heavy atom. The van der Waals surface area contributed by atoms with Crippen molar-refractivity contribution in [2.24, 2.45) is 5.73 Å². The molecular weight excluding hydrogens is 1150 g/mol. The number of ether oxygens (including phenoxy) is 2. The van der Waals surface area contributed by atoms with E-state index in [2.05, 4.69) is 111 Å². The van der Waals surface area contributed by atoms with Gasteiger partial charge in [0.2, 0.25) is 0 Å². The Labute approximate surface area is 563 Å². The van der Waals surface area contributed by atoms with E-state index >= 15 is 0 Å². The van der Waals surface area contributed by atoms with Crippen molar-refractivity contribution in [1.82, 2.24) is 0 Å². The van der Waals surface area contributed by atoms with Crippen molar-refractivity contribution < 1.29 is 37.6 Å². The van der Waals surface area contributed by atoms with Crippen LogP contribution in [0.25, 0.3) is 0 Å². The highest BCUT2D eigenvalue weighted by molar-refractivity contribution is 7.47. The summed E-state index contributed by atoms with van der Waals surface area (Å²) in [7, 11) is -4.40. The Hall–Kier alpha value is -3.07. The minimum absolute atomic E-state index is 0.0515. The number of allylic oxidation sites excluding steroid dienone is 16. The highest BCUT2D eigenvalue weighted by Crippen LogP contribution is 2.43. The molecule has 9 nitrogen and oxygen atoms in total. The fourth-order valence-electron chi connectivity index (χ4n) is 11.3. The molecule has 3 N–H and O–H groups in total. The molecule has 528 valence electrons. The molecule has 0 amide bonds. The van der Waals surface area contributed by atoms with Crippen molar-refractivity contribution in [2.45, 2.75) is 380 Å². The number of rotatable bonds is 73. The van der Waals surface area contributed by atoms with Crippen LogP contribution in [0.5, 0.6) is 0 Å². The summed E-state index contributed by atoms with van der Waals surface area (Å²) in [5.41, 5.74) is 5.41. The molecule has 10 heteroatoms. The van der Waals surface area contributed by atoms with Crippen LogP contribution >= 0.6 is 7.82 Å². The molecule has 0 bridgehead atoms. The number of carbonyl (C=O) groups excluding carboxylic acids is 2. The molecule has 0 aliphatic heterocycles. The highest BCUT2D eigenvalue weighted by Gasteiger charge is 2.26. The third-order valence-corrected chi connectivity index (χ3v) is 17.9. The topological polar surface area (TPSA) is 134 Å². The second-order valence-electron chi connectivity index (χ2n) is 25.8. The Balaban J connectivity index is 3.80. The van der Waals surface area contributed by atoms with Crippen LogP contribution in [0.1, 0.15) is 373 Å². The lowest BCUT2D eigenvalue weighted by Crippen LogP contribution is -2.29. The molecule has 0 fully saturated rings. The molecule has 0 aromatic carbocycles. The van der Waals surface area contributed by atoms with E-state index in [1.165, 1.54) is 257 Å². The monoisotopic (exact) mass is 1290 g/mol. The van der Waals surface area contributed by atoms with Gasteiger partial charge in [0.15, 0.2) is 6.10 Å². The van der Waals surface area contributed by atoms with E-state index in [1.54, 1.807) is 0 Å². The van der Waals surface area contributed by atoms with Gasteiger partial charge in [-0.1, -0.05) is 361 Å². The van der Waals surface area contributed by atoms with E-state index in [0.717, 1.165) is 83.5 Å². The smallest absolute Gasteiger partial charge is 0.462 e. The molecule has 0 aliphatic carbocycles. The normalized spacial score (nSPS) is 13.4. The average molecular weight is 1290 g/mol. The molecule has 0 aromatic heterocycles. The number of hydrogen-bond acceptors (Lipinski definition) is 8. The van der Waals surface area contributed by atoms with Crippen molar-refractivity contribution in [2.75, 3.05) is 26.4 Å². The summed E-state index contributed by atoms with van der Waals surface area (Å²) in [5, 5.41) is 0. The maximum Gasteiger partial charge on any atom is 0.472 e. The van der Waals surface area contributed by atoms with Gasteiger partial charge in [-0.25, -0.2) is 4.57 Å². The summed E-state index contributed by atoms with van der Waals surface area (Å²) in [6, 6.07) is 0. The maximum atomic E-state index is 12.8. The Morgan fingerprint density at radius 3 is 0.901 bits per heavy atom. The van der Waals surface area contributed by atoms with Crippen molar-refractivity contribution in [1.29, 1.82) is 0 Å². The van der Waals surface area contributed by atoms with Gasteiger partial charge in [0, 0.05) is 19.4 Å². The molecule has 0 aliphatic rings. The van der Waals surface area contributed by atoms with Gasteiger partial charge in [0.05, 0.1) is 13.2 Å². The fraction of sp³-hybridized carbons (Fsp3) is 0.778. The second-order valence-corrected chi connectivity index (χ2v) is 27.3. The largest absolute Gasteiger partial charge is 0.472 e. The van der Waals surface area contributed by atoms with Crippen LogP contribution in [0.3, 0.4) is 0 Å². The molecule has 2 atom stereocenters. The van der Waals surface area contributed by atoms with Crippen LogP contribution in [0.4, 0.5) is 0 Å². The van der Waals surface area contributed by atoms with Gasteiger partial charge in [-0.05, 0) is 96.3 Å². The minimum atomic E-state index is -4.40. The summed E-state index contributed by atoms with van der Waals surface area (Å²) in [6.45, 7) is 3.67. The first-order valence-corrected chi connectivity index (χ1v) is 40.2. The summed E-state index contributed by atoms with van der Waals surface area (Å²) >= 11 is 0. The zero-order valence-corrected chi connectivity index (χ0v) is 60.5. The molecular formula is C81H146NO8P. The van der Waals surface area contributed by atoms with Crippen LogP contribution < -0.4 is 5.73 Å². The zero-order valence-electron chi connectivity index (χ0n) is 59.6. The minimum Gasteiger partial charge on any atom is -0.462 e. The van der Waals surface area contributed by atoms with E-state index in [4.69, 9.17) is 24.3 Å². The van der Waals surface area contributed by atoms with Crippen LogP contribution in [-0.2, 0) is 32.7 Å². The molecule has 2 unspecified atom stereocenters. The number of esters is 2. The molecule has 0 aromatic rings. The van der Waals surface area contributed by atoms with Crippen molar-refractivity contribution in [3.63, 3.8) is 0 Å². The number of nitrogens with two attached hydrogens (primary N) is 1. The average Bonchev–Trinajstić information content (AvgIpc) is 3.71. The first-order valence-electron chi connectivity index (χ1n) is 38.7. The van der Waals surface area contributed by atoms with E-state index in [1.807, 2.05) is 0 Å². The van der Waals surface area contributed by atoms with E-state index in [0.29, 0.717) is 6.42 Å². The third-order valence-electron chi connectivity index (χ3n) is 17.0. The van der Waals surface area contributed by atoms with Gasteiger partial charge >= 0.3 is 19.8 Å². The van der Waals surface area contributed by atoms with Gasteiger partial charge < -0.3 is 20.1 Å². The number of phosphoric ester groups is 1. The van der Waals surface area contributed by atoms with E-state index < -0.39 is 26.5 Å². The van der Waals surface area contributed by atoms with Crippen LogP contribution in [0.15, 0.2) is 97.2 Å². The number of hydrogen-bond donors (Lipinski definition) is 2. The van der Waals surface area contributed by atoms with E-state index in [9.17, 15) is 19.0 Å². The molecule has 91 heavy (non-hydrogen) atoms. The number of carbonyl (C=O) groups is 2. The van der Waals surface area contributed by atoms with Crippen LogP contribution in [-0.4, -0.2) is 49.3 Å². The summed E-state index contributed by atoms with van der Waals surface area (Å²) in [5.74, 6) is -0.817. The van der Waals surface area contributed by atoms with Gasteiger partial charge in [-0.3, -0.25) is 18.6 Å². The number of phosphoric acid groups is 1. The Bertz CT molecular complexity index is 1820. The molecule has 0 radical (unpaired) electrons. The first-order chi connectivity index (χ1) is 44.8. The zero-order chi connectivity index (χ0) is 65.8. The first kappa shape index (κ1) is 87.9. The lowest BCUT2D eigenvalue weighted by Gasteiger charge is -2.19. The predicted molar refractivity (Wildman–Crippen MR) is 395 cm³/mol. The van der Waals surface area contributed by atoms with Crippen molar-refractivity contribution in [3.8, 4) is 0 Å². The molecule has 0 saturated heterocycles. The number of unbranched alkanes of at least 4 members (excludes halogenated alkanes) is 44. The SMILES string of the molecule is CC/C=C\C/C=C\C/C=C\C/C=C\C/C=C\C/C=C\CCCCCCCCCCCCCCC(=O)OC(COC(=O)CCCCCCCCCCCCCCCCCCCCCCCCCCCCC/C=C\C/C=C\CCCCCCC)COP(=O)(O)OCCN. The van der Waals surface area contributed by atoms with Gasteiger partial charge in [0.25, 0.3) is 0 Å². The summed E-state index contributed by atoms with van der Waals surface area (Å²) < 4.78 is 33.2. The standard InChI is InChI=1S/C81H146NO8P/c1-3-5-7-9-11-13-15-17-19-21-23-25-27-29-31-33-35-36-37-38-39-40-41-42-44-45-47-49-51-53-55-57-59-61-63-65-67-69-71-73-80(83)87-77-79(78-89-91(85,86)88-76-75-82)90-81(84)74-72-70-68-66-64-62-60-58-56-54-52-50-48-46-43-34-32-30-28-26-24-22-20-18-16-14-12-10-8-6-4-2/h6,8,12,14-15,17-18,20-21,23-24,26,30,32,43,46,79H,3-5,7,9-11,13,16,19,22,25,27-29,31,33-42,44-45,47-78,82H2,1-2H3,(H,85,86)/b8-6-,14-12-,17-15-,20-18-,23-21-,26-24-,32-30-,46-43-. The lowest BCUT2D eigenvalue weighted by atomic mass is 10.0. The van der Waals surface area contributed by atoms with Crippen molar-refractivity contribution in [3.05, 3.63) is 97.2 Å². The summed E-state index contributed by atoms with van der Waals surface area (Å²) in [4.78, 5) is 35.4. The highest BCUT2D eigenvalue weighted by atomic mass is 31.2. The van der Waals surface area contributed by atoms with Gasteiger partial charge in [-0.15, -0.1) is 0 Å². The predicted octanol–water partition coefficient (Wildman–Crippen LogP) is 25.9. The molecule has 0 saturated carbocycles. The lowest BCUT2D eigenvalue weighted by molar-refractivity contribution is -0.161. The summed E-state index contributed by atoms with van der Waals surface area (Å²) in [6.07, 6.45) is 104. The second kappa shape index (κ2) is 76.0. The van der Waals surface area contributed by atoms with E-state index in [-0.39, 0.29) is 38.6 Å². The molecule has 0 spiro atoms. The Morgan fingerprint density at radius 1 is 0.341 bits per heavy atom. The quantitative estimate of drug-likeness (QED) is 0.0264. The third kappa shape index (κ3) is 75.8. The van der Waals surface area contributed by atoms with Crippen LogP contribution in [0, 0.1) is 0 Å². The molecule has 0 rings (SSSR count). The van der Waals surface area contributed by atoms with Gasteiger partial charge in [-0.2, -0.15) is 0 Å². The van der Waals surface area contributed by atoms with Gasteiger partial charge in [0.1, 0.15) is 6.61 Å².